The van der Waals surface area contributed by atoms with E-state index >= 15 is 0 Å². The Bertz CT molecular complexity index is 494. The Morgan fingerprint density at radius 1 is 1.41 bits per heavy atom. The lowest BCUT2D eigenvalue weighted by molar-refractivity contribution is -0.115. The van der Waals surface area contributed by atoms with Crippen LogP contribution in [0.1, 0.15) is 12.5 Å². The minimum absolute atomic E-state index is 0.172. The van der Waals surface area contributed by atoms with Crippen molar-refractivity contribution in [2.24, 2.45) is 4.99 Å². The molecule has 2 N–H and O–H groups in total. The number of hydrogen-bond acceptors (Lipinski definition) is 3. The van der Waals surface area contributed by atoms with Gasteiger partial charge in [0.05, 0.1) is 12.2 Å². The van der Waals surface area contributed by atoms with Crippen LogP contribution in [-0.4, -0.2) is 30.6 Å². The number of carbonyl (C=O) groups excluding carboxylic acids is 2. The SMILES string of the molecule is CC(=O)Nc1ccccc1C1=NCCNC1=O. The molecule has 5 heteroatoms. The summed E-state index contributed by atoms with van der Waals surface area (Å²) in [5.74, 6) is -0.372. The largest absolute Gasteiger partial charge is 0.349 e. The van der Waals surface area contributed by atoms with E-state index in [4.69, 9.17) is 0 Å². The molecule has 0 bridgehead atoms. The number of rotatable bonds is 2. The third kappa shape index (κ3) is 2.50. The first kappa shape index (κ1) is 11.3. The van der Waals surface area contributed by atoms with Gasteiger partial charge in [-0.15, -0.1) is 0 Å². The van der Waals surface area contributed by atoms with Crippen molar-refractivity contribution in [1.29, 1.82) is 0 Å². The minimum Gasteiger partial charge on any atom is -0.349 e. The van der Waals surface area contributed by atoms with Gasteiger partial charge in [0.1, 0.15) is 5.71 Å². The monoisotopic (exact) mass is 231 g/mol. The molecular formula is C12H13N3O2. The third-order valence-corrected chi connectivity index (χ3v) is 2.38. The second kappa shape index (κ2) is 4.78. The molecule has 0 saturated carbocycles. The first-order chi connectivity index (χ1) is 8.18. The predicted molar refractivity (Wildman–Crippen MR) is 65.2 cm³/mol. The van der Waals surface area contributed by atoms with Gasteiger partial charge in [-0.2, -0.15) is 0 Å². The number of aliphatic imine (C=N–C) groups is 1. The molecule has 2 amide bonds. The molecule has 1 aliphatic rings. The maximum absolute atomic E-state index is 11.7. The second-order valence-electron chi connectivity index (χ2n) is 3.71. The summed E-state index contributed by atoms with van der Waals surface area (Å²) in [7, 11) is 0. The lowest BCUT2D eigenvalue weighted by atomic mass is 10.1. The van der Waals surface area contributed by atoms with Crippen molar-refractivity contribution in [2.75, 3.05) is 18.4 Å². The van der Waals surface area contributed by atoms with Crippen LogP contribution in [0, 0.1) is 0 Å². The molecule has 1 heterocycles. The van der Waals surface area contributed by atoms with Crippen molar-refractivity contribution >= 4 is 23.2 Å². The van der Waals surface area contributed by atoms with Crippen LogP contribution in [0.3, 0.4) is 0 Å². The summed E-state index contributed by atoms with van der Waals surface area (Å²) < 4.78 is 0. The fourth-order valence-corrected chi connectivity index (χ4v) is 1.69. The summed E-state index contributed by atoms with van der Waals surface area (Å²) in [6.45, 7) is 2.56. The number of nitrogens with one attached hydrogen (secondary N) is 2. The summed E-state index contributed by atoms with van der Waals surface area (Å²) in [5.41, 5.74) is 1.64. The van der Waals surface area contributed by atoms with E-state index in [0.29, 0.717) is 30.1 Å². The van der Waals surface area contributed by atoms with Crippen molar-refractivity contribution in [1.82, 2.24) is 5.32 Å². The van der Waals surface area contributed by atoms with E-state index in [-0.39, 0.29) is 11.8 Å². The Morgan fingerprint density at radius 2 is 2.18 bits per heavy atom. The van der Waals surface area contributed by atoms with Crippen molar-refractivity contribution in [3.05, 3.63) is 29.8 Å². The molecule has 0 spiro atoms. The van der Waals surface area contributed by atoms with Gasteiger partial charge < -0.3 is 10.6 Å². The van der Waals surface area contributed by atoms with Crippen LogP contribution >= 0.6 is 0 Å². The Labute approximate surface area is 98.9 Å². The van der Waals surface area contributed by atoms with Gasteiger partial charge in [-0.1, -0.05) is 18.2 Å². The van der Waals surface area contributed by atoms with Gasteiger partial charge in [0.15, 0.2) is 0 Å². The van der Waals surface area contributed by atoms with E-state index in [1.807, 2.05) is 6.07 Å². The first-order valence-corrected chi connectivity index (χ1v) is 5.38. The van der Waals surface area contributed by atoms with Gasteiger partial charge in [-0.05, 0) is 6.07 Å². The predicted octanol–water partition coefficient (Wildman–Crippen LogP) is 0.564. The van der Waals surface area contributed by atoms with Gasteiger partial charge in [0, 0.05) is 19.0 Å². The van der Waals surface area contributed by atoms with Crippen molar-refractivity contribution in [2.45, 2.75) is 6.92 Å². The van der Waals surface area contributed by atoms with Gasteiger partial charge in [0.2, 0.25) is 5.91 Å². The molecule has 17 heavy (non-hydrogen) atoms. The van der Waals surface area contributed by atoms with Crippen LogP contribution in [0.5, 0.6) is 0 Å². The number of nitrogens with zero attached hydrogens (tertiary/aromatic N) is 1. The van der Waals surface area contributed by atoms with Crippen molar-refractivity contribution in [3.63, 3.8) is 0 Å². The van der Waals surface area contributed by atoms with E-state index < -0.39 is 0 Å². The number of carbonyl (C=O) groups is 2. The maximum atomic E-state index is 11.7. The van der Waals surface area contributed by atoms with Crippen LogP contribution in [-0.2, 0) is 9.59 Å². The number of benzene rings is 1. The smallest absolute Gasteiger partial charge is 0.270 e. The highest BCUT2D eigenvalue weighted by molar-refractivity contribution is 6.46. The summed E-state index contributed by atoms with van der Waals surface area (Å²) in [4.78, 5) is 27.0. The number of para-hydroxylation sites is 1. The van der Waals surface area contributed by atoms with Gasteiger partial charge in [0.25, 0.3) is 5.91 Å². The van der Waals surface area contributed by atoms with Crippen molar-refractivity contribution in [3.8, 4) is 0 Å². The van der Waals surface area contributed by atoms with Gasteiger partial charge >= 0.3 is 0 Å². The van der Waals surface area contributed by atoms with Crippen LogP contribution in [0.15, 0.2) is 29.3 Å². The highest BCUT2D eigenvalue weighted by Gasteiger charge is 2.19. The molecule has 0 saturated heterocycles. The Kier molecular flexibility index (Phi) is 3.18. The molecule has 1 aromatic carbocycles. The molecule has 0 radical (unpaired) electrons. The Balaban J connectivity index is 2.40. The Hall–Kier alpha value is -2.17. The second-order valence-corrected chi connectivity index (χ2v) is 3.71. The zero-order valence-electron chi connectivity index (χ0n) is 9.49. The standard InChI is InChI=1S/C12H13N3O2/c1-8(16)15-10-5-3-2-4-9(10)11-12(17)14-7-6-13-11/h2-5H,6-7H2,1H3,(H,14,17)(H,15,16). The van der Waals surface area contributed by atoms with E-state index in [0.717, 1.165) is 0 Å². The van der Waals surface area contributed by atoms with Crippen molar-refractivity contribution < 1.29 is 9.59 Å². The molecular weight excluding hydrogens is 218 g/mol. The van der Waals surface area contributed by atoms with Crippen LogP contribution in [0.25, 0.3) is 0 Å². The third-order valence-electron chi connectivity index (χ3n) is 2.38. The molecule has 1 aromatic rings. The van der Waals surface area contributed by atoms with Crippen LogP contribution in [0.4, 0.5) is 5.69 Å². The van der Waals surface area contributed by atoms with E-state index in [2.05, 4.69) is 15.6 Å². The molecule has 0 aliphatic carbocycles. The summed E-state index contributed by atoms with van der Waals surface area (Å²) in [6, 6.07) is 7.14. The highest BCUT2D eigenvalue weighted by atomic mass is 16.2. The normalized spacial score (nSPS) is 14.9. The first-order valence-electron chi connectivity index (χ1n) is 5.38. The number of hydrogen-bond donors (Lipinski definition) is 2. The molecule has 88 valence electrons. The zero-order chi connectivity index (χ0) is 12.3. The molecule has 2 rings (SSSR count). The summed E-state index contributed by atoms with van der Waals surface area (Å²) in [6.07, 6.45) is 0. The molecule has 0 aromatic heterocycles. The molecule has 0 fully saturated rings. The topological polar surface area (TPSA) is 70.6 Å². The molecule has 0 atom stereocenters. The lowest BCUT2D eigenvalue weighted by Gasteiger charge is -2.15. The fraction of sp³-hybridized carbons (Fsp3) is 0.250. The zero-order valence-corrected chi connectivity index (χ0v) is 9.49. The lowest BCUT2D eigenvalue weighted by Crippen LogP contribution is -2.38. The van der Waals surface area contributed by atoms with Crippen LogP contribution in [0.2, 0.25) is 0 Å². The molecule has 0 unspecified atom stereocenters. The van der Waals surface area contributed by atoms with Gasteiger partial charge in [-0.25, -0.2) is 0 Å². The van der Waals surface area contributed by atoms with Crippen LogP contribution < -0.4 is 10.6 Å². The summed E-state index contributed by atoms with van der Waals surface area (Å²) >= 11 is 0. The van der Waals surface area contributed by atoms with Gasteiger partial charge in [-0.3, -0.25) is 14.6 Å². The number of amides is 2. The quantitative estimate of drug-likeness (QED) is 0.781. The maximum Gasteiger partial charge on any atom is 0.270 e. The minimum atomic E-state index is -0.200. The Morgan fingerprint density at radius 3 is 2.88 bits per heavy atom. The average Bonchev–Trinajstić information content (AvgIpc) is 2.30. The number of anilines is 1. The van der Waals surface area contributed by atoms with E-state index in [1.165, 1.54) is 6.92 Å². The summed E-state index contributed by atoms with van der Waals surface area (Å²) in [5, 5.41) is 5.42. The van der Waals surface area contributed by atoms with E-state index in [9.17, 15) is 9.59 Å². The van der Waals surface area contributed by atoms with E-state index in [1.54, 1.807) is 18.2 Å². The molecule has 1 aliphatic heterocycles. The highest BCUT2D eigenvalue weighted by Crippen LogP contribution is 2.17. The molecule has 5 nitrogen and oxygen atoms in total. The fourth-order valence-electron chi connectivity index (χ4n) is 1.69. The average molecular weight is 231 g/mol.